The van der Waals surface area contributed by atoms with Crippen molar-refractivity contribution in [2.24, 2.45) is 34.4 Å². The standard InChI is InChI=1S/C30H62N10O6/c31-16-6-1-11-21(36)26(41)37-22(12-2-7-17-32)27(42)38-23(13-3-8-18-33)28(43)39-24(14-4-9-19-34)29(44)40-25(30(45)46)15-5-10-20-35/h21-25H,1-20,31-36H2,(H,37,41)(H,38,42)(H,39,43)(H,40,44)(H,45,46). The first-order valence-electron chi connectivity index (χ1n) is 16.8. The molecule has 0 saturated carbocycles. The molecular formula is C30H62N10O6. The Morgan fingerprint density at radius 1 is 0.413 bits per heavy atom. The maximum absolute atomic E-state index is 13.6. The molecule has 16 heteroatoms. The summed E-state index contributed by atoms with van der Waals surface area (Å²) >= 11 is 0. The third-order valence-electron chi connectivity index (χ3n) is 7.61. The summed E-state index contributed by atoms with van der Waals surface area (Å²) in [6.07, 6.45) is 7.21. The molecule has 0 aliphatic heterocycles. The number of hydrogen-bond donors (Lipinski definition) is 11. The largest absolute Gasteiger partial charge is 0.480 e. The molecule has 0 aromatic rings. The van der Waals surface area contributed by atoms with Crippen molar-refractivity contribution >= 4 is 29.6 Å². The number of aliphatic carboxylic acids is 1. The maximum Gasteiger partial charge on any atom is 0.326 e. The normalized spacial score (nSPS) is 14.4. The molecule has 0 rings (SSSR count). The van der Waals surface area contributed by atoms with Crippen molar-refractivity contribution in [2.45, 2.75) is 127 Å². The summed E-state index contributed by atoms with van der Waals surface area (Å²) in [5.41, 5.74) is 34.0. The Morgan fingerprint density at radius 3 is 0.978 bits per heavy atom. The number of carbonyl (C=O) groups is 5. The van der Waals surface area contributed by atoms with E-state index >= 15 is 0 Å². The summed E-state index contributed by atoms with van der Waals surface area (Å²) in [7, 11) is 0. The van der Waals surface area contributed by atoms with Crippen LogP contribution < -0.4 is 55.7 Å². The van der Waals surface area contributed by atoms with Gasteiger partial charge in [-0.05, 0) is 123 Å². The second kappa shape index (κ2) is 27.2. The van der Waals surface area contributed by atoms with Crippen molar-refractivity contribution in [1.29, 1.82) is 0 Å². The second-order valence-electron chi connectivity index (χ2n) is 11.6. The van der Waals surface area contributed by atoms with E-state index in [-0.39, 0.29) is 25.7 Å². The maximum atomic E-state index is 13.6. The van der Waals surface area contributed by atoms with Gasteiger partial charge in [-0.1, -0.05) is 6.42 Å². The lowest BCUT2D eigenvalue weighted by Gasteiger charge is -2.26. The Morgan fingerprint density at radius 2 is 0.674 bits per heavy atom. The van der Waals surface area contributed by atoms with Crippen molar-refractivity contribution in [3.8, 4) is 0 Å². The molecule has 268 valence electrons. The smallest absolute Gasteiger partial charge is 0.326 e. The number of carbonyl (C=O) groups excluding carboxylic acids is 4. The van der Waals surface area contributed by atoms with Crippen molar-refractivity contribution < 1.29 is 29.1 Å². The highest BCUT2D eigenvalue weighted by atomic mass is 16.4. The third-order valence-corrected chi connectivity index (χ3v) is 7.61. The Hall–Kier alpha value is -2.89. The van der Waals surface area contributed by atoms with Gasteiger partial charge in [-0.25, -0.2) is 4.79 Å². The zero-order valence-electron chi connectivity index (χ0n) is 27.5. The molecule has 5 unspecified atom stereocenters. The molecule has 0 spiro atoms. The Labute approximate surface area is 273 Å². The molecule has 0 fully saturated rings. The summed E-state index contributed by atoms with van der Waals surface area (Å²) < 4.78 is 0. The number of nitrogens with two attached hydrogens (primary N) is 6. The van der Waals surface area contributed by atoms with Crippen LogP contribution in [0.1, 0.15) is 96.3 Å². The SMILES string of the molecule is NCCCCC(N)C(=O)NC(CCCCN)C(=O)NC(CCCCN)C(=O)NC(CCCCN)C(=O)NC(CCCCN)C(=O)O. The summed E-state index contributed by atoms with van der Waals surface area (Å²) in [6, 6.07) is -5.03. The van der Waals surface area contributed by atoms with Gasteiger partial charge >= 0.3 is 5.97 Å². The molecule has 0 aliphatic carbocycles. The Bertz CT molecular complexity index is 881. The van der Waals surface area contributed by atoms with Gasteiger partial charge in [0.1, 0.15) is 24.2 Å². The van der Waals surface area contributed by atoms with Crippen LogP contribution in [-0.2, 0) is 24.0 Å². The monoisotopic (exact) mass is 658 g/mol. The van der Waals surface area contributed by atoms with E-state index < -0.39 is 59.8 Å². The molecule has 0 heterocycles. The van der Waals surface area contributed by atoms with Gasteiger partial charge in [-0.3, -0.25) is 19.2 Å². The number of rotatable bonds is 29. The fourth-order valence-electron chi connectivity index (χ4n) is 4.77. The Kier molecular flexibility index (Phi) is 25.5. The van der Waals surface area contributed by atoms with Gasteiger partial charge in [0.2, 0.25) is 23.6 Å². The van der Waals surface area contributed by atoms with E-state index in [0.29, 0.717) is 96.9 Å². The van der Waals surface area contributed by atoms with Crippen LogP contribution in [-0.4, -0.2) is 97.6 Å². The van der Waals surface area contributed by atoms with E-state index in [1.807, 2.05) is 0 Å². The van der Waals surface area contributed by atoms with Crippen LogP contribution in [0.4, 0.5) is 0 Å². The first-order valence-corrected chi connectivity index (χ1v) is 16.8. The predicted molar refractivity (Wildman–Crippen MR) is 178 cm³/mol. The van der Waals surface area contributed by atoms with Gasteiger partial charge in [0.05, 0.1) is 6.04 Å². The molecule has 46 heavy (non-hydrogen) atoms. The lowest BCUT2D eigenvalue weighted by atomic mass is 10.0. The quantitative estimate of drug-likeness (QED) is 0.0388. The molecule has 5 atom stereocenters. The first-order chi connectivity index (χ1) is 22.1. The minimum Gasteiger partial charge on any atom is -0.480 e. The lowest BCUT2D eigenvalue weighted by Crippen LogP contribution is -2.58. The van der Waals surface area contributed by atoms with Gasteiger partial charge in [-0.2, -0.15) is 0 Å². The highest BCUT2D eigenvalue weighted by Crippen LogP contribution is 2.09. The van der Waals surface area contributed by atoms with Gasteiger partial charge < -0.3 is 60.8 Å². The summed E-state index contributed by atoms with van der Waals surface area (Å²) in [5, 5.41) is 20.3. The number of unbranched alkanes of at least 4 members (excludes halogenated alkanes) is 5. The minimum atomic E-state index is -1.19. The minimum absolute atomic E-state index is 0.188. The van der Waals surface area contributed by atoms with Gasteiger partial charge in [0.25, 0.3) is 0 Å². The fourth-order valence-corrected chi connectivity index (χ4v) is 4.77. The van der Waals surface area contributed by atoms with Crippen LogP contribution in [0.25, 0.3) is 0 Å². The zero-order chi connectivity index (χ0) is 34.7. The van der Waals surface area contributed by atoms with E-state index in [1.165, 1.54) is 0 Å². The molecule has 0 bridgehead atoms. The Balaban J connectivity index is 5.87. The van der Waals surface area contributed by atoms with Gasteiger partial charge in [0.15, 0.2) is 0 Å². The van der Waals surface area contributed by atoms with Gasteiger partial charge in [-0.15, -0.1) is 0 Å². The molecular weight excluding hydrogens is 596 g/mol. The molecule has 16 nitrogen and oxygen atoms in total. The highest BCUT2D eigenvalue weighted by Gasteiger charge is 2.31. The summed E-state index contributed by atoms with van der Waals surface area (Å²) in [5.74, 6) is -3.49. The second-order valence-corrected chi connectivity index (χ2v) is 11.6. The van der Waals surface area contributed by atoms with E-state index in [9.17, 15) is 29.1 Å². The number of nitrogens with one attached hydrogen (secondary N) is 4. The van der Waals surface area contributed by atoms with Crippen molar-refractivity contribution in [1.82, 2.24) is 21.3 Å². The van der Waals surface area contributed by atoms with Crippen molar-refractivity contribution in [3.05, 3.63) is 0 Å². The molecule has 0 aromatic carbocycles. The molecule has 0 aliphatic rings. The predicted octanol–water partition coefficient (Wildman–Crippen LogP) is -2.02. The van der Waals surface area contributed by atoms with Crippen molar-refractivity contribution in [3.63, 3.8) is 0 Å². The average Bonchev–Trinajstić information content (AvgIpc) is 3.02. The number of amides is 4. The van der Waals surface area contributed by atoms with Crippen LogP contribution in [0.15, 0.2) is 0 Å². The zero-order valence-corrected chi connectivity index (χ0v) is 27.5. The topological polar surface area (TPSA) is 310 Å². The average molecular weight is 659 g/mol. The molecule has 0 aromatic heterocycles. The van der Waals surface area contributed by atoms with Crippen LogP contribution in [0.3, 0.4) is 0 Å². The fraction of sp³-hybridized carbons (Fsp3) is 0.833. The summed E-state index contributed by atoms with van der Waals surface area (Å²) in [6.45, 7) is 2.05. The van der Waals surface area contributed by atoms with Crippen LogP contribution in [0.5, 0.6) is 0 Å². The van der Waals surface area contributed by atoms with E-state index in [1.54, 1.807) is 0 Å². The summed E-state index contributed by atoms with van der Waals surface area (Å²) in [4.78, 5) is 64.9. The van der Waals surface area contributed by atoms with Crippen LogP contribution in [0.2, 0.25) is 0 Å². The number of carboxylic acids is 1. The molecule has 0 radical (unpaired) electrons. The lowest BCUT2D eigenvalue weighted by molar-refractivity contribution is -0.142. The number of hydrogen-bond acceptors (Lipinski definition) is 11. The van der Waals surface area contributed by atoms with E-state index in [0.717, 1.165) is 6.42 Å². The highest BCUT2D eigenvalue weighted by molar-refractivity contribution is 5.95. The number of carboxylic acid groups (broad SMARTS) is 1. The van der Waals surface area contributed by atoms with E-state index in [4.69, 9.17) is 34.4 Å². The molecule has 0 saturated heterocycles. The van der Waals surface area contributed by atoms with E-state index in [2.05, 4.69) is 21.3 Å². The van der Waals surface area contributed by atoms with Crippen LogP contribution in [0, 0.1) is 0 Å². The molecule has 17 N–H and O–H groups in total. The van der Waals surface area contributed by atoms with Gasteiger partial charge in [0, 0.05) is 0 Å². The first kappa shape index (κ1) is 43.1. The molecule has 4 amide bonds. The van der Waals surface area contributed by atoms with Crippen LogP contribution >= 0.6 is 0 Å². The third kappa shape index (κ3) is 19.6. The van der Waals surface area contributed by atoms with Crippen molar-refractivity contribution in [2.75, 3.05) is 32.7 Å².